The number of benzene rings is 3. The van der Waals surface area contributed by atoms with E-state index >= 15 is 0 Å². The number of anilines is 2. The summed E-state index contributed by atoms with van der Waals surface area (Å²) in [5, 5.41) is 3.25. The number of halogens is 1. The lowest BCUT2D eigenvalue weighted by atomic mass is 10.1. The predicted octanol–water partition coefficient (Wildman–Crippen LogP) is 4.93. The number of sulfonamides is 1. The summed E-state index contributed by atoms with van der Waals surface area (Å²) in [6, 6.07) is 17.5. The lowest BCUT2D eigenvalue weighted by molar-refractivity contribution is 0.101. The van der Waals surface area contributed by atoms with E-state index in [0.29, 0.717) is 33.9 Å². The van der Waals surface area contributed by atoms with Crippen LogP contribution in [0.5, 0.6) is 0 Å². The fraction of sp³-hybridized carbons (Fsp3) is 0.167. The lowest BCUT2D eigenvalue weighted by Gasteiger charge is -2.24. The van der Waals surface area contributed by atoms with E-state index in [9.17, 15) is 18.0 Å². The number of amides is 1. The molecule has 1 aliphatic rings. The van der Waals surface area contributed by atoms with Gasteiger partial charge in [0.1, 0.15) is 0 Å². The normalized spacial score (nSPS) is 15.3. The van der Waals surface area contributed by atoms with E-state index in [4.69, 9.17) is 11.6 Å². The van der Waals surface area contributed by atoms with E-state index in [1.54, 1.807) is 54.6 Å². The second-order valence-corrected chi connectivity index (χ2v) is 9.99. The zero-order chi connectivity index (χ0) is 23.0. The van der Waals surface area contributed by atoms with Crippen LogP contribution in [0.3, 0.4) is 0 Å². The molecular formula is C24H21ClN2O4S. The molecule has 0 saturated heterocycles. The van der Waals surface area contributed by atoms with Gasteiger partial charge in [0, 0.05) is 27.9 Å². The van der Waals surface area contributed by atoms with Crippen molar-refractivity contribution in [3.63, 3.8) is 0 Å². The second-order valence-electron chi connectivity index (χ2n) is 7.74. The molecule has 0 radical (unpaired) electrons. The van der Waals surface area contributed by atoms with Crippen molar-refractivity contribution in [3.8, 4) is 0 Å². The monoisotopic (exact) mass is 468 g/mol. The summed E-state index contributed by atoms with van der Waals surface area (Å²) in [6.07, 6.45) is 0.489. The van der Waals surface area contributed by atoms with Crippen molar-refractivity contribution >= 4 is 44.7 Å². The highest BCUT2D eigenvalue weighted by atomic mass is 35.5. The number of nitrogens with zero attached hydrogens (tertiary/aromatic N) is 1. The largest absolute Gasteiger partial charge is 0.322 e. The molecule has 3 aromatic carbocycles. The SMILES string of the molecule is CC(=O)c1cccc(NC(=O)c2ccc3c(c2)C[C@@H](C)N3S(=O)(=O)c2ccc(Cl)cc2)c1. The maximum Gasteiger partial charge on any atom is 0.264 e. The maximum atomic E-state index is 13.2. The Labute approximate surface area is 191 Å². The Kier molecular flexibility index (Phi) is 5.79. The van der Waals surface area contributed by atoms with E-state index in [1.807, 2.05) is 6.92 Å². The molecule has 3 aromatic rings. The molecule has 0 fully saturated rings. The summed E-state index contributed by atoms with van der Waals surface area (Å²) < 4.78 is 27.9. The van der Waals surface area contributed by atoms with Crippen LogP contribution >= 0.6 is 11.6 Å². The van der Waals surface area contributed by atoms with Crippen LogP contribution in [-0.4, -0.2) is 26.2 Å². The molecule has 0 aliphatic carbocycles. The number of hydrogen-bond donors (Lipinski definition) is 1. The topological polar surface area (TPSA) is 83.6 Å². The fourth-order valence-corrected chi connectivity index (χ4v) is 5.67. The average Bonchev–Trinajstić information content (AvgIpc) is 3.09. The molecule has 0 unspecified atom stereocenters. The van der Waals surface area contributed by atoms with Crippen LogP contribution in [-0.2, 0) is 16.4 Å². The quantitative estimate of drug-likeness (QED) is 0.538. The number of fused-ring (bicyclic) bond motifs is 1. The Morgan fingerprint density at radius 3 is 2.41 bits per heavy atom. The number of nitrogens with one attached hydrogen (secondary N) is 1. The van der Waals surface area contributed by atoms with Gasteiger partial charge in [0.15, 0.2) is 5.78 Å². The first-order chi connectivity index (χ1) is 15.2. The maximum absolute atomic E-state index is 13.2. The van der Waals surface area contributed by atoms with Gasteiger partial charge in [-0.25, -0.2) is 8.42 Å². The van der Waals surface area contributed by atoms with Gasteiger partial charge in [-0.2, -0.15) is 0 Å². The van der Waals surface area contributed by atoms with Gasteiger partial charge in [-0.05, 0) is 80.4 Å². The first kappa shape index (κ1) is 22.0. The predicted molar refractivity (Wildman–Crippen MR) is 125 cm³/mol. The van der Waals surface area contributed by atoms with Gasteiger partial charge in [0.2, 0.25) is 0 Å². The van der Waals surface area contributed by atoms with Crippen molar-refractivity contribution in [2.75, 3.05) is 9.62 Å². The molecule has 0 aromatic heterocycles. The zero-order valence-electron chi connectivity index (χ0n) is 17.5. The van der Waals surface area contributed by atoms with Gasteiger partial charge >= 0.3 is 0 Å². The van der Waals surface area contributed by atoms with E-state index < -0.39 is 10.0 Å². The molecule has 1 N–H and O–H groups in total. The van der Waals surface area contributed by atoms with Crippen LogP contribution in [0.25, 0.3) is 0 Å². The minimum atomic E-state index is -3.77. The minimum absolute atomic E-state index is 0.0883. The molecule has 1 heterocycles. The fourth-order valence-electron chi connectivity index (χ4n) is 3.85. The van der Waals surface area contributed by atoms with Crippen molar-refractivity contribution in [2.45, 2.75) is 31.2 Å². The zero-order valence-corrected chi connectivity index (χ0v) is 19.1. The Hall–Kier alpha value is -3.16. The number of ketones is 1. The molecule has 32 heavy (non-hydrogen) atoms. The second kappa shape index (κ2) is 8.41. The van der Waals surface area contributed by atoms with E-state index in [0.717, 1.165) is 5.56 Å². The standard InChI is InChI=1S/C24H21ClN2O4S/c1-15-12-19-13-18(24(29)26-21-5-3-4-17(14-21)16(2)28)6-11-23(19)27(15)32(30,31)22-9-7-20(25)8-10-22/h3-11,13-15H,12H2,1-2H3,(H,26,29)/t15-/m1/s1. The highest BCUT2D eigenvalue weighted by Gasteiger charge is 2.36. The third kappa shape index (κ3) is 4.13. The minimum Gasteiger partial charge on any atom is -0.322 e. The molecule has 6 nitrogen and oxygen atoms in total. The Morgan fingerprint density at radius 1 is 1.00 bits per heavy atom. The van der Waals surface area contributed by atoms with Crippen LogP contribution in [0.1, 0.15) is 40.1 Å². The Balaban J connectivity index is 1.61. The van der Waals surface area contributed by atoms with Crippen LogP contribution < -0.4 is 9.62 Å². The smallest absolute Gasteiger partial charge is 0.264 e. The summed E-state index contributed by atoms with van der Waals surface area (Å²) in [4.78, 5) is 24.5. The first-order valence-corrected chi connectivity index (χ1v) is 11.8. The number of carbonyl (C=O) groups is 2. The van der Waals surface area contributed by atoms with Crippen molar-refractivity contribution in [1.82, 2.24) is 0 Å². The van der Waals surface area contributed by atoms with Gasteiger partial charge in [0.05, 0.1) is 10.6 Å². The molecule has 0 bridgehead atoms. The Morgan fingerprint density at radius 2 is 1.72 bits per heavy atom. The van der Waals surface area contributed by atoms with Gasteiger partial charge in [-0.3, -0.25) is 13.9 Å². The molecular weight excluding hydrogens is 448 g/mol. The summed E-state index contributed by atoms with van der Waals surface area (Å²) in [7, 11) is -3.77. The molecule has 1 amide bonds. The number of hydrogen-bond acceptors (Lipinski definition) is 4. The van der Waals surface area contributed by atoms with Gasteiger partial charge in [0.25, 0.3) is 15.9 Å². The third-order valence-electron chi connectivity index (χ3n) is 5.39. The molecule has 1 atom stereocenters. The van der Waals surface area contributed by atoms with Gasteiger partial charge in [-0.15, -0.1) is 0 Å². The summed E-state index contributed by atoms with van der Waals surface area (Å²) >= 11 is 5.90. The summed E-state index contributed by atoms with van der Waals surface area (Å²) in [5.74, 6) is -0.422. The van der Waals surface area contributed by atoms with Crippen molar-refractivity contribution in [3.05, 3.63) is 88.4 Å². The molecule has 4 rings (SSSR count). The van der Waals surface area contributed by atoms with Crippen molar-refractivity contribution in [2.24, 2.45) is 0 Å². The number of rotatable bonds is 5. The molecule has 8 heteroatoms. The molecule has 164 valence electrons. The molecule has 0 spiro atoms. The number of Topliss-reactive ketones (excluding diaryl/α,β-unsaturated/α-hetero) is 1. The summed E-state index contributed by atoms with van der Waals surface area (Å²) in [5.41, 5.74) is 2.77. The van der Waals surface area contributed by atoms with E-state index in [1.165, 1.54) is 23.4 Å². The third-order valence-corrected chi connectivity index (χ3v) is 7.59. The first-order valence-electron chi connectivity index (χ1n) is 10.0. The van der Waals surface area contributed by atoms with Crippen LogP contribution in [0.2, 0.25) is 5.02 Å². The molecule has 1 aliphatic heterocycles. The van der Waals surface area contributed by atoms with Crippen molar-refractivity contribution in [1.29, 1.82) is 0 Å². The van der Waals surface area contributed by atoms with Gasteiger partial charge < -0.3 is 5.32 Å². The van der Waals surface area contributed by atoms with E-state index in [-0.39, 0.29) is 22.6 Å². The highest BCUT2D eigenvalue weighted by molar-refractivity contribution is 7.92. The van der Waals surface area contributed by atoms with Crippen LogP contribution in [0, 0.1) is 0 Å². The van der Waals surface area contributed by atoms with Crippen LogP contribution in [0.15, 0.2) is 71.6 Å². The summed E-state index contributed by atoms with van der Waals surface area (Å²) in [6.45, 7) is 3.30. The number of carbonyl (C=O) groups excluding carboxylic acids is 2. The van der Waals surface area contributed by atoms with Crippen molar-refractivity contribution < 1.29 is 18.0 Å². The lowest BCUT2D eigenvalue weighted by Crippen LogP contribution is -2.35. The van der Waals surface area contributed by atoms with Crippen LogP contribution in [0.4, 0.5) is 11.4 Å². The molecule has 0 saturated carbocycles. The Bertz CT molecular complexity index is 1320. The average molecular weight is 469 g/mol. The van der Waals surface area contributed by atoms with E-state index in [2.05, 4.69) is 5.32 Å². The highest BCUT2D eigenvalue weighted by Crippen LogP contribution is 2.37. The van der Waals surface area contributed by atoms with Gasteiger partial charge in [-0.1, -0.05) is 23.7 Å².